The Morgan fingerprint density at radius 2 is 1.86 bits per heavy atom. The number of fused-ring (bicyclic) bond motifs is 1. The molecule has 0 aromatic carbocycles. The summed E-state index contributed by atoms with van der Waals surface area (Å²) in [4.78, 5) is 43.7. The average molecular weight is 402 g/mol. The van der Waals surface area contributed by atoms with Crippen LogP contribution in [0.15, 0.2) is 4.79 Å². The summed E-state index contributed by atoms with van der Waals surface area (Å²) in [5.41, 5.74) is 5.22. The van der Waals surface area contributed by atoms with Crippen molar-refractivity contribution in [3.63, 3.8) is 0 Å². The third-order valence-corrected chi connectivity index (χ3v) is 7.00. The molecule has 1 saturated carbocycles. The van der Waals surface area contributed by atoms with Gasteiger partial charge in [0.05, 0.1) is 0 Å². The lowest BCUT2D eigenvalue weighted by Gasteiger charge is -2.51. The van der Waals surface area contributed by atoms with Crippen LogP contribution in [0.2, 0.25) is 0 Å². The van der Waals surface area contributed by atoms with Crippen LogP contribution in [0.25, 0.3) is 0 Å². The number of aromatic nitrogens is 3. The number of hydrogen-bond acceptors (Lipinski definition) is 6. The van der Waals surface area contributed by atoms with Gasteiger partial charge in [0, 0.05) is 44.9 Å². The lowest BCUT2D eigenvalue weighted by atomic mass is 9.61. The molecule has 3 N–H and O–H groups in total. The number of anilines is 1. The van der Waals surface area contributed by atoms with Crippen molar-refractivity contribution in [1.29, 1.82) is 0 Å². The second kappa shape index (κ2) is 8.12. The van der Waals surface area contributed by atoms with E-state index in [9.17, 15) is 14.4 Å². The Bertz CT molecular complexity index is 832. The summed E-state index contributed by atoms with van der Waals surface area (Å²) in [6.07, 6.45) is 4.55. The van der Waals surface area contributed by atoms with Crippen molar-refractivity contribution in [3.05, 3.63) is 16.0 Å². The normalized spacial score (nSPS) is 27.3. The predicted molar refractivity (Wildman–Crippen MR) is 107 cm³/mol. The lowest BCUT2D eigenvalue weighted by Crippen LogP contribution is -2.57. The third kappa shape index (κ3) is 4.13. The molecule has 0 radical (unpaired) electrons. The number of H-pyrrole nitrogens is 1. The number of carbonyl (C=O) groups is 2. The predicted octanol–water partition coefficient (Wildman–Crippen LogP) is 0.423. The summed E-state index contributed by atoms with van der Waals surface area (Å²) < 4.78 is 0. The van der Waals surface area contributed by atoms with E-state index in [0.717, 1.165) is 45.3 Å². The van der Waals surface area contributed by atoms with E-state index in [2.05, 4.69) is 22.1 Å². The van der Waals surface area contributed by atoms with Gasteiger partial charge in [-0.25, -0.2) is 0 Å². The number of nitrogens with two attached hydrogens (primary N) is 1. The fourth-order valence-electron chi connectivity index (χ4n) is 4.98. The van der Waals surface area contributed by atoms with Gasteiger partial charge in [-0.1, -0.05) is 6.92 Å². The molecule has 1 aliphatic carbocycles. The van der Waals surface area contributed by atoms with Crippen molar-refractivity contribution >= 4 is 17.8 Å². The molecule has 3 heterocycles. The number of hydrogen-bond donors (Lipinski definition) is 2. The van der Waals surface area contributed by atoms with E-state index in [1.54, 1.807) is 0 Å². The number of rotatable bonds is 4. The van der Waals surface area contributed by atoms with Crippen molar-refractivity contribution in [2.24, 2.45) is 23.7 Å². The zero-order valence-electron chi connectivity index (χ0n) is 17.0. The Hall–Kier alpha value is -2.45. The molecule has 3 aliphatic rings. The van der Waals surface area contributed by atoms with E-state index in [0.29, 0.717) is 18.4 Å². The van der Waals surface area contributed by atoms with Crippen LogP contribution in [-0.2, 0) is 16.0 Å². The molecule has 1 aromatic rings. The number of amides is 2. The van der Waals surface area contributed by atoms with E-state index >= 15 is 0 Å². The second-order valence-electron chi connectivity index (χ2n) is 8.89. The highest BCUT2D eigenvalue weighted by molar-refractivity contribution is 5.81. The maximum absolute atomic E-state index is 13.0. The molecule has 0 bridgehead atoms. The van der Waals surface area contributed by atoms with Crippen LogP contribution in [0.4, 0.5) is 5.95 Å². The fraction of sp³-hybridized carbons (Fsp3) is 0.750. The van der Waals surface area contributed by atoms with Crippen LogP contribution < -0.4 is 11.3 Å². The third-order valence-electron chi connectivity index (χ3n) is 7.00. The minimum absolute atomic E-state index is 0.00590. The highest BCUT2D eigenvalue weighted by Gasteiger charge is 2.49. The maximum atomic E-state index is 13.0. The Balaban J connectivity index is 1.31. The molecule has 2 amide bonds. The van der Waals surface area contributed by atoms with Crippen molar-refractivity contribution in [2.75, 3.05) is 31.9 Å². The molecule has 29 heavy (non-hydrogen) atoms. The van der Waals surface area contributed by atoms with Crippen molar-refractivity contribution in [2.45, 2.75) is 45.4 Å². The zero-order valence-corrected chi connectivity index (χ0v) is 17.0. The van der Waals surface area contributed by atoms with Gasteiger partial charge in [0.25, 0.3) is 5.56 Å². The first-order valence-corrected chi connectivity index (χ1v) is 10.7. The molecular weight excluding hydrogens is 372 g/mol. The quantitative estimate of drug-likeness (QED) is 0.752. The monoisotopic (exact) mass is 402 g/mol. The topological polar surface area (TPSA) is 125 Å². The molecule has 0 unspecified atom stereocenters. The van der Waals surface area contributed by atoms with Crippen molar-refractivity contribution < 1.29 is 9.59 Å². The van der Waals surface area contributed by atoms with Crippen molar-refractivity contribution in [1.82, 2.24) is 25.0 Å². The van der Waals surface area contributed by atoms with Crippen LogP contribution in [0.5, 0.6) is 0 Å². The molecule has 3 fully saturated rings. The van der Waals surface area contributed by atoms with Crippen LogP contribution in [-0.4, -0.2) is 63.0 Å². The average Bonchev–Trinajstić information content (AvgIpc) is 2.68. The maximum Gasteiger partial charge on any atom is 0.274 e. The van der Waals surface area contributed by atoms with Crippen LogP contribution in [0, 0.1) is 23.7 Å². The van der Waals surface area contributed by atoms with Gasteiger partial charge in [-0.2, -0.15) is 0 Å². The molecule has 4 rings (SSSR count). The Kier molecular flexibility index (Phi) is 5.56. The van der Waals surface area contributed by atoms with Gasteiger partial charge >= 0.3 is 0 Å². The zero-order chi connectivity index (χ0) is 20.5. The smallest absolute Gasteiger partial charge is 0.274 e. The summed E-state index contributed by atoms with van der Waals surface area (Å²) in [5, 5.41) is 7.43. The standard InChI is InChI=1S/C20H30N6O3/c1-12-4-7-25(8-5-12)19(29)14-10-13-6-9-26(11-15(13)14)17(27)3-2-16-18(28)22-20(21)24-23-16/h12-15H,2-11H2,1H3,(H3,21,22,24,28)/t13-,14-,15-/m1/s1. The first-order chi connectivity index (χ1) is 13.9. The lowest BCUT2D eigenvalue weighted by molar-refractivity contribution is -0.153. The van der Waals surface area contributed by atoms with Crippen LogP contribution in [0.1, 0.15) is 44.7 Å². The van der Waals surface area contributed by atoms with E-state index in [4.69, 9.17) is 5.73 Å². The molecule has 2 saturated heterocycles. The van der Waals surface area contributed by atoms with Gasteiger partial charge in [0.2, 0.25) is 17.8 Å². The van der Waals surface area contributed by atoms with Gasteiger partial charge in [-0.3, -0.25) is 19.4 Å². The molecule has 9 heteroatoms. The first-order valence-electron chi connectivity index (χ1n) is 10.7. The van der Waals surface area contributed by atoms with E-state index in [1.807, 2.05) is 9.80 Å². The number of nitrogens with one attached hydrogen (secondary N) is 1. The van der Waals surface area contributed by atoms with Gasteiger partial charge in [0.15, 0.2) is 0 Å². The number of likely N-dealkylation sites (tertiary alicyclic amines) is 2. The van der Waals surface area contributed by atoms with E-state index in [1.165, 1.54) is 0 Å². The minimum atomic E-state index is -0.399. The number of aryl methyl sites for hydroxylation is 1. The van der Waals surface area contributed by atoms with E-state index in [-0.39, 0.29) is 48.1 Å². The number of nitrogens with zero attached hydrogens (tertiary/aromatic N) is 4. The summed E-state index contributed by atoms with van der Waals surface area (Å²) in [6.45, 7) is 5.36. The Morgan fingerprint density at radius 3 is 2.59 bits per heavy atom. The molecular formula is C20H30N6O3. The SMILES string of the molecule is CC1CCN(C(=O)[C@@H]2C[C@H]3CCN(C(=O)CCc4nnc(N)[nH]c4=O)C[C@H]32)CC1. The van der Waals surface area contributed by atoms with Gasteiger partial charge < -0.3 is 15.5 Å². The molecule has 1 aromatic heterocycles. The summed E-state index contributed by atoms with van der Waals surface area (Å²) in [6, 6.07) is 0. The molecule has 2 aliphatic heterocycles. The molecule has 158 valence electrons. The van der Waals surface area contributed by atoms with Gasteiger partial charge in [-0.05, 0) is 43.4 Å². The molecule has 0 spiro atoms. The van der Waals surface area contributed by atoms with E-state index < -0.39 is 5.56 Å². The summed E-state index contributed by atoms with van der Waals surface area (Å²) in [5.74, 6) is 1.86. The summed E-state index contributed by atoms with van der Waals surface area (Å²) in [7, 11) is 0. The largest absolute Gasteiger partial charge is 0.368 e. The minimum Gasteiger partial charge on any atom is -0.368 e. The highest BCUT2D eigenvalue weighted by Crippen LogP contribution is 2.46. The first kappa shape index (κ1) is 19.8. The Labute approximate surface area is 170 Å². The highest BCUT2D eigenvalue weighted by atomic mass is 16.2. The molecule has 3 atom stereocenters. The Morgan fingerprint density at radius 1 is 1.14 bits per heavy atom. The van der Waals surface area contributed by atoms with Crippen molar-refractivity contribution in [3.8, 4) is 0 Å². The summed E-state index contributed by atoms with van der Waals surface area (Å²) >= 11 is 0. The number of aromatic amines is 1. The number of nitrogen functional groups attached to an aromatic ring is 1. The van der Waals surface area contributed by atoms with Crippen LogP contribution >= 0.6 is 0 Å². The fourth-order valence-corrected chi connectivity index (χ4v) is 4.98. The second-order valence-corrected chi connectivity index (χ2v) is 8.89. The number of piperidine rings is 2. The van der Waals surface area contributed by atoms with Crippen LogP contribution in [0.3, 0.4) is 0 Å². The molecule has 9 nitrogen and oxygen atoms in total. The van der Waals surface area contributed by atoms with Gasteiger partial charge in [-0.15, -0.1) is 10.2 Å². The van der Waals surface area contributed by atoms with Gasteiger partial charge in [0.1, 0.15) is 5.69 Å². The number of carbonyl (C=O) groups excluding carboxylic acids is 2.